The Balaban J connectivity index is 0.000000443. The zero-order chi connectivity index (χ0) is 78.6. The zero-order valence-electron chi connectivity index (χ0n) is 64.9. The van der Waals surface area contributed by atoms with Crippen LogP contribution in [0.4, 0.5) is 34.1 Å². The molecule has 15 rings (SSSR count). The summed E-state index contributed by atoms with van der Waals surface area (Å²) in [6.45, 7) is 7.33. The molecule has 556 valence electrons. The summed E-state index contributed by atoms with van der Waals surface area (Å²) in [6, 6.07) is 139. The molecule has 0 aromatic heterocycles. The predicted molar refractivity (Wildman–Crippen MR) is 475 cm³/mol. The predicted octanol–water partition coefficient (Wildman–Crippen LogP) is 27.1. The van der Waals surface area contributed by atoms with E-state index in [1.54, 1.807) is 21.1 Å². The van der Waals surface area contributed by atoms with Gasteiger partial charge in [-0.2, -0.15) is 0 Å². The fraction of sp³-hybridized carbons (Fsp3) is 0.0654. The van der Waals surface area contributed by atoms with E-state index in [0.717, 1.165) is 124 Å². The van der Waals surface area contributed by atoms with Gasteiger partial charge >= 0.3 is 5.97 Å². The Bertz CT molecular complexity index is 5710. The quantitative estimate of drug-likeness (QED) is 0.0258. The van der Waals surface area contributed by atoms with Crippen LogP contribution in [0.5, 0.6) is 17.2 Å². The Morgan fingerprint density at radius 3 is 0.675 bits per heavy atom. The van der Waals surface area contributed by atoms with Gasteiger partial charge in [0.1, 0.15) is 17.2 Å². The lowest BCUT2D eigenvalue weighted by Gasteiger charge is -2.26. The number of methoxy groups -OCH3 is 2. The van der Waals surface area contributed by atoms with E-state index in [0.29, 0.717) is 11.3 Å². The molecule has 114 heavy (non-hydrogen) atoms. The molecule has 0 spiro atoms. The summed E-state index contributed by atoms with van der Waals surface area (Å²) in [7, 11) is 3.36. The molecule has 7 nitrogen and oxygen atoms in total. The first-order valence-electron chi connectivity index (χ1n) is 38.3. The Morgan fingerprint density at radius 1 is 0.246 bits per heavy atom. The Hall–Kier alpha value is -14.4. The number of ketones is 1. The molecule has 0 saturated heterocycles. The molecule has 0 heterocycles. The molecule has 0 fully saturated rings. The maximum atomic E-state index is 12.4. The first kappa shape index (κ1) is 76.4. The van der Waals surface area contributed by atoms with Crippen LogP contribution < -0.4 is 24.0 Å². The molecular formula is C107H88N2O5. The van der Waals surface area contributed by atoms with E-state index in [2.05, 4.69) is 376 Å². The van der Waals surface area contributed by atoms with Crippen molar-refractivity contribution in [2.75, 3.05) is 24.0 Å². The summed E-state index contributed by atoms with van der Waals surface area (Å²) in [6.07, 6.45) is 9.10. The number of nitrogens with zero attached hydrogens (tertiary/aromatic N) is 2. The van der Waals surface area contributed by atoms with Crippen molar-refractivity contribution in [1.82, 2.24) is 0 Å². The average molecular weight is 1480 g/mol. The summed E-state index contributed by atoms with van der Waals surface area (Å²) in [5.41, 5.74) is 26.9. The summed E-state index contributed by atoms with van der Waals surface area (Å²) >= 11 is 0. The van der Waals surface area contributed by atoms with Crippen molar-refractivity contribution < 1.29 is 23.8 Å². The summed E-state index contributed by atoms with van der Waals surface area (Å²) in [4.78, 5) is 27.9. The van der Waals surface area contributed by atoms with E-state index in [-0.39, 0.29) is 17.2 Å². The third-order valence-electron chi connectivity index (χ3n) is 20.4. The number of benzene rings is 15. The molecule has 0 N–H and O–H groups in total. The van der Waals surface area contributed by atoms with Crippen LogP contribution >= 0.6 is 0 Å². The van der Waals surface area contributed by atoms with Gasteiger partial charge in [-0.15, -0.1) is 0 Å². The monoisotopic (exact) mass is 1480 g/mol. The van der Waals surface area contributed by atoms with Gasteiger partial charge in [-0.3, -0.25) is 9.59 Å². The number of anilines is 6. The topological polar surface area (TPSA) is 68.3 Å². The van der Waals surface area contributed by atoms with Gasteiger partial charge in [0.2, 0.25) is 0 Å². The van der Waals surface area contributed by atoms with Gasteiger partial charge in [0.15, 0.2) is 5.78 Å². The van der Waals surface area contributed by atoms with E-state index in [9.17, 15) is 9.59 Å². The van der Waals surface area contributed by atoms with Crippen molar-refractivity contribution >= 4 is 92.5 Å². The second-order valence-electron chi connectivity index (χ2n) is 28.3. The van der Waals surface area contributed by atoms with E-state index < -0.39 is 0 Å². The lowest BCUT2D eigenvalue weighted by Crippen LogP contribution is -2.18. The number of esters is 1. The van der Waals surface area contributed by atoms with Gasteiger partial charge in [0, 0.05) is 52.0 Å². The second kappa shape index (κ2) is 36.4. The van der Waals surface area contributed by atoms with Crippen LogP contribution in [-0.2, 0) is 10.2 Å². The minimum Gasteiger partial charge on any atom is -0.497 e. The Kier molecular flexibility index (Phi) is 24.4. The van der Waals surface area contributed by atoms with Crippen molar-refractivity contribution in [3.8, 4) is 17.2 Å². The smallest absolute Gasteiger partial charge is 0.308 e. The first-order valence-corrected chi connectivity index (χ1v) is 38.3. The molecule has 15 aromatic carbocycles. The first-order chi connectivity index (χ1) is 55.8. The number of hydrogen-bond donors (Lipinski definition) is 0. The SMILES string of the molecule is COc1ccc(C(C)(C)c2ccc(OC(C)=O)cc2)cc1.COc1ccc(N(c2ccc(C=C(c3ccccc3)c3ccccc3)cc2)c2ccc(C=C(c3ccccc3)c3ccc(C(=Cc4ccc(N(c5ccc(C=C(c6ccccc6)c6ccccc6)cc5)c5ccc(C(C)=O)cc5)cc4)c4ccccc4)cc3)cc2)cc1. The molecule has 7 heteroatoms. The molecular weight excluding hydrogens is 1390 g/mol. The molecule has 15 aromatic rings. The van der Waals surface area contributed by atoms with Crippen molar-refractivity contribution in [1.29, 1.82) is 0 Å². The zero-order valence-corrected chi connectivity index (χ0v) is 64.9. The van der Waals surface area contributed by atoms with Gasteiger partial charge < -0.3 is 24.0 Å². The standard InChI is InChI=1S/C89H68N2O2.C18H20O3/c1-65(92)70-45-55-83(56-46-70)90(79-47-33-66(34-48-79)61-86(71-21-9-3-10-22-71)72-23-11-4-12-24-72)80-49-37-68(38-50-80)63-88(75-29-17-7-18-30-75)77-41-43-78(44-42-77)89(76-31-19-8-20-32-76)64-69-39-53-82(54-40-69)91(84-57-59-85(93-2)60-58-84)81-51-35-67(36-52-81)62-87(73-25-13-5-14-26-73)74-27-15-6-16-28-74;1-13(19)21-17-11-7-15(8-12-17)18(2,3)14-5-9-16(20-4)10-6-14/h3-64H,1-2H3;5-12H,1-4H3. The summed E-state index contributed by atoms with van der Waals surface area (Å²) < 4.78 is 15.9. The van der Waals surface area contributed by atoms with Gasteiger partial charge in [-0.25, -0.2) is 0 Å². The van der Waals surface area contributed by atoms with Crippen molar-refractivity contribution in [2.24, 2.45) is 0 Å². The van der Waals surface area contributed by atoms with E-state index in [4.69, 9.17) is 14.2 Å². The number of carbonyl (C=O) groups excluding carboxylic acids is 2. The number of ether oxygens (including phenoxy) is 3. The molecule has 0 radical (unpaired) electrons. The molecule has 0 bridgehead atoms. The van der Waals surface area contributed by atoms with Crippen molar-refractivity contribution in [3.63, 3.8) is 0 Å². The van der Waals surface area contributed by atoms with Crippen LogP contribution in [0.2, 0.25) is 0 Å². The normalized spacial score (nSPS) is 11.2. The maximum absolute atomic E-state index is 12.4. The van der Waals surface area contributed by atoms with Crippen LogP contribution in [0.1, 0.15) is 116 Å². The van der Waals surface area contributed by atoms with Crippen molar-refractivity contribution in [3.05, 3.63) is 484 Å². The number of carbonyl (C=O) groups is 2. The summed E-state index contributed by atoms with van der Waals surface area (Å²) in [5.74, 6) is 1.94. The van der Waals surface area contributed by atoms with E-state index >= 15 is 0 Å². The Labute approximate surface area is 670 Å². The average Bonchev–Trinajstić information content (AvgIpc) is 0.809. The molecule has 0 aliphatic rings. The maximum Gasteiger partial charge on any atom is 0.308 e. The van der Waals surface area contributed by atoms with Gasteiger partial charge in [-0.05, 0) is 253 Å². The third kappa shape index (κ3) is 18.9. The van der Waals surface area contributed by atoms with Gasteiger partial charge in [-0.1, -0.05) is 293 Å². The highest BCUT2D eigenvalue weighted by Gasteiger charge is 2.24. The molecule has 0 atom stereocenters. The largest absolute Gasteiger partial charge is 0.497 e. The molecule has 0 aliphatic carbocycles. The third-order valence-corrected chi connectivity index (χ3v) is 20.4. The Morgan fingerprint density at radius 2 is 0.447 bits per heavy atom. The van der Waals surface area contributed by atoms with Gasteiger partial charge in [0.05, 0.1) is 14.2 Å². The van der Waals surface area contributed by atoms with Crippen molar-refractivity contribution in [2.45, 2.75) is 33.1 Å². The lowest BCUT2D eigenvalue weighted by atomic mass is 9.78. The molecule has 0 aliphatic heterocycles. The fourth-order valence-corrected chi connectivity index (χ4v) is 14.2. The van der Waals surface area contributed by atoms with Crippen LogP contribution in [0, 0.1) is 0 Å². The van der Waals surface area contributed by atoms with E-state index in [1.165, 1.54) is 29.2 Å². The van der Waals surface area contributed by atoms with Crippen LogP contribution in [-0.4, -0.2) is 26.0 Å². The minimum atomic E-state index is -0.308. The highest BCUT2D eigenvalue weighted by atomic mass is 16.5. The molecule has 0 saturated carbocycles. The minimum absolute atomic E-state index is 0.0332. The van der Waals surface area contributed by atoms with Gasteiger partial charge in [0.25, 0.3) is 0 Å². The van der Waals surface area contributed by atoms with E-state index in [1.807, 2.05) is 72.8 Å². The number of Topliss-reactive ketones (excluding diaryl/α,β-unsaturated/α-hetero) is 1. The number of hydrogen-bond acceptors (Lipinski definition) is 7. The molecule has 0 unspecified atom stereocenters. The lowest BCUT2D eigenvalue weighted by molar-refractivity contribution is -0.131. The highest BCUT2D eigenvalue weighted by Crippen LogP contribution is 2.41. The van der Waals surface area contributed by atoms with Crippen LogP contribution in [0.3, 0.4) is 0 Å². The fourth-order valence-electron chi connectivity index (χ4n) is 14.2. The summed E-state index contributed by atoms with van der Waals surface area (Å²) in [5, 5.41) is 0. The van der Waals surface area contributed by atoms with Crippen LogP contribution in [0.15, 0.2) is 400 Å². The van der Waals surface area contributed by atoms with Crippen LogP contribution in [0.25, 0.3) is 46.6 Å². The molecule has 0 amide bonds. The second-order valence-corrected chi connectivity index (χ2v) is 28.3. The number of rotatable bonds is 24. The highest BCUT2D eigenvalue weighted by molar-refractivity contribution is 5.98.